The summed E-state index contributed by atoms with van der Waals surface area (Å²) in [5.41, 5.74) is -0.692. The number of benzene rings is 1. The number of carbonyl (C=O) groups is 2. The molecule has 25 heavy (non-hydrogen) atoms. The van der Waals surface area contributed by atoms with Crippen LogP contribution in [0.25, 0.3) is 0 Å². The second-order valence-electron chi connectivity index (χ2n) is 6.33. The fourth-order valence-electron chi connectivity index (χ4n) is 2.19. The van der Waals surface area contributed by atoms with E-state index in [0.717, 1.165) is 5.56 Å². The van der Waals surface area contributed by atoms with Gasteiger partial charge in [0, 0.05) is 12.0 Å². The van der Waals surface area contributed by atoms with Gasteiger partial charge in [-0.05, 0) is 46.2 Å². The SMILES string of the molecule is C=CCC(CC#Cc1ccccc1)(C(=O)OC(C)C)C(=O)OC(C)C. The Balaban J connectivity index is 3.18. The van der Waals surface area contributed by atoms with Gasteiger partial charge in [0.15, 0.2) is 5.41 Å². The highest BCUT2D eigenvalue weighted by molar-refractivity contribution is 6.00. The molecule has 1 aromatic carbocycles. The summed E-state index contributed by atoms with van der Waals surface area (Å²) in [7, 11) is 0. The molecule has 0 spiro atoms. The van der Waals surface area contributed by atoms with Gasteiger partial charge < -0.3 is 9.47 Å². The first-order chi connectivity index (χ1) is 11.8. The highest BCUT2D eigenvalue weighted by Gasteiger charge is 2.48. The molecule has 0 aliphatic rings. The predicted molar refractivity (Wildman–Crippen MR) is 97.6 cm³/mol. The normalized spacial score (nSPS) is 10.8. The number of hydrogen-bond donors (Lipinski definition) is 0. The van der Waals surface area contributed by atoms with Crippen LogP contribution < -0.4 is 0 Å². The van der Waals surface area contributed by atoms with Gasteiger partial charge in [-0.2, -0.15) is 0 Å². The van der Waals surface area contributed by atoms with Crippen molar-refractivity contribution < 1.29 is 19.1 Å². The van der Waals surface area contributed by atoms with Gasteiger partial charge in [-0.15, -0.1) is 6.58 Å². The van der Waals surface area contributed by atoms with Crippen molar-refractivity contribution in [3.63, 3.8) is 0 Å². The van der Waals surface area contributed by atoms with Gasteiger partial charge in [0.05, 0.1) is 12.2 Å². The van der Waals surface area contributed by atoms with Crippen molar-refractivity contribution in [3.05, 3.63) is 48.6 Å². The molecule has 0 atom stereocenters. The average Bonchev–Trinajstić information content (AvgIpc) is 2.53. The zero-order chi connectivity index (χ0) is 18.9. The zero-order valence-electron chi connectivity index (χ0n) is 15.4. The third kappa shape index (κ3) is 6.11. The van der Waals surface area contributed by atoms with Crippen LogP contribution in [-0.2, 0) is 19.1 Å². The molecule has 0 saturated carbocycles. The van der Waals surface area contributed by atoms with Crippen LogP contribution in [-0.4, -0.2) is 24.1 Å². The first kappa shape index (κ1) is 20.5. The van der Waals surface area contributed by atoms with E-state index in [1.807, 2.05) is 30.3 Å². The number of esters is 2. The molecule has 1 aromatic rings. The van der Waals surface area contributed by atoms with Crippen LogP contribution in [0, 0.1) is 17.3 Å². The van der Waals surface area contributed by atoms with E-state index in [1.54, 1.807) is 27.7 Å². The van der Waals surface area contributed by atoms with E-state index in [9.17, 15) is 9.59 Å². The van der Waals surface area contributed by atoms with Crippen molar-refractivity contribution in [2.45, 2.75) is 52.7 Å². The van der Waals surface area contributed by atoms with Gasteiger partial charge in [-0.25, -0.2) is 0 Å². The molecule has 0 bridgehead atoms. The summed E-state index contributed by atoms with van der Waals surface area (Å²) in [6, 6.07) is 9.37. The molecule has 134 valence electrons. The first-order valence-electron chi connectivity index (χ1n) is 8.39. The maximum absolute atomic E-state index is 12.7. The monoisotopic (exact) mass is 342 g/mol. The van der Waals surface area contributed by atoms with E-state index in [0.29, 0.717) is 0 Å². The Kier molecular flexibility index (Phi) is 7.94. The number of allylic oxidation sites excluding steroid dienone is 1. The Morgan fingerprint density at radius 2 is 1.60 bits per heavy atom. The van der Waals surface area contributed by atoms with Gasteiger partial charge in [-0.1, -0.05) is 36.1 Å². The molecule has 0 aliphatic heterocycles. The lowest BCUT2D eigenvalue weighted by atomic mass is 9.81. The molecule has 0 amide bonds. The van der Waals surface area contributed by atoms with Crippen molar-refractivity contribution in [2.24, 2.45) is 5.41 Å². The van der Waals surface area contributed by atoms with Gasteiger partial charge >= 0.3 is 11.9 Å². The topological polar surface area (TPSA) is 52.6 Å². The highest BCUT2D eigenvalue weighted by atomic mass is 16.6. The van der Waals surface area contributed by atoms with Crippen LogP contribution in [0.3, 0.4) is 0 Å². The summed E-state index contributed by atoms with van der Waals surface area (Å²) >= 11 is 0. The maximum Gasteiger partial charge on any atom is 0.325 e. The standard InChI is InChI=1S/C21H26O4/c1-6-14-21(19(22)24-16(2)3,20(23)25-17(4)5)15-10-13-18-11-8-7-9-12-18/h6-9,11-12,16-17H,1,14-15H2,2-5H3. The number of carbonyl (C=O) groups excluding carboxylic acids is 2. The van der Waals surface area contributed by atoms with Gasteiger partial charge in [-0.3, -0.25) is 9.59 Å². The lowest BCUT2D eigenvalue weighted by Crippen LogP contribution is -2.43. The zero-order valence-corrected chi connectivity index (χ0v) is 15.4. The van der Waals surface area contributed by atoms with Crippen molar-refractivity contribution in [3.8, 4) is 11.8 Å². The third-order valence-electron chi connectivity index (χ3n) is 3.36. The Morgan fingerprint density at radius 1 is 1.08 bits per heavy atom. The fourth-order valence-corrected chi connectivity index (χ4v) is 2.19. The molecule has 0 aliphatic carbocycles. The summed E-state index contributed by atoms with van der Waals surface area (Å²) in [5, 5.41) is 0. The van der Waals surface area contributed by atoms with E-state index < -0.39 is 17.4 Å². The number of ether oxygens (including phenoxy) is 2. The second-order valence-corrected chi connectivity index (χ2v) is 6.33. The molecule has 0 saturated heterocycles. The van der Waals surface area contributed by atoms with E-state index in [1.165, 1.54) is 6.08 Å². The summed E-state index contributed by atoms with van der Waals surface area (Å²) in [5.74, 6) is 4.65. The van der Waals surface area contributed by atoms with Crippen LogP contribution in [0.5, 0.6) is 0 Å². The highest BCUT2D eigenvalue weighted by Crippen LogP contribution is 2.32. The molecule has 4 nitrogen and oxygen atoms in total. The van der Waals surface area contributed by atoms with E-state index in [4.69, 9.17) is 9.47 Å². The van der Waals surface area contributed by atoms with Crippen molar-refractivity contribution in [1.82, 2.24) is 0 Å². The minimum atomic E-state index is -1.50. The van der Waals surface area contributed by atoms with Crippen LogP contribution >= 0.6 is 0 Å². The first-order valence-corrected chi connectivity index (χ1v) is 8.39. The van der Waals surface area contributed by atoms with E-state index in [2.05, 4.69) is 18.4 Å². The molecule has 0 aromatic heterocycles. The fraction of sp³-hybridized carbons (Fsp3) is 0.429. The lowest BCUT2D eigenvalue weighted by Gasteiger charge is -2.28. The van der Waals surface area contributed by atoms with Crippen LogP contribution in [0.15, 0.2) is 43.0 Å². The lowest BCUT2D eigenvalue weighted by molar-refractivity contribution is -0.176. The van der Waals surface area contributed by atoms with Crippen LogP contribution in [0.2, 0.25) is 0 Å². The molecule has 0 radical (unpaired) electrons. The Hall–Kier alpha value is -2.54. The van der Waals surface area contributed by atoms with Gasteiger partial charge in [0.1, 0.15) is 0 Å². The van der Waals surface area contributed by atoms with Crippen molar-refractivity contribution >= 4 is 11.9 Å². The molecule has 4 heteroatoms. The van der Waals surface area contributed by atoms with E-state index in [-0.39, 0.29) is 25.0 Å². The molecule has 1 rings (SSSR count). The Morgan fingerprint density at radius 3 is 2.04 bits per heavy atom. The minimum Gasteiger partial charge on any atom is -0.462 e. The summed E-state index contributed by atoms with van der Waals surface area (Å²) in [6.07, 6.45) is 0.947. The average molecular weight is 342 g/mol. The Bertz CT molecular complexity index is 625. The molecule has 0 heterocycles. The molecular weight excluding hydrogens is 316 g/mol. The smallest absolute Gasteiger partial charge is 0.325 e. The van der Waals surface area contributed by atoms with Crippen molar-refractivity contribution in [1.29, 1.82) is 0 Å². The van der Waals surface area contributed by atoms with Gasteiger partial charge in [0.2, 0.25) is 0 Å². The minimum absolute atomic E-state index is 0.00498. The Labute approximate surface area is 150 Å². The van der Waals surface area contributed by atoms with E-state index >= 15 is 0 Å². The second kappa shape index (κ2) is 9.68. The maximum atomic E-state index is 12.7. The third-order valence-corrected chi connectivity index (χ3v) is 3.36. The summed E-state index contributed by atoms with van der Waals surface area (Å²) < 4.78 is 10.6. The molecule has 0 N–H and O–H groups in total. The number of hydrogen-bond acceptors (Lipinski definition) is 4. The number of rotatable bonds is 7. The van der Waals surface area contributed by atoms with Crippen LogP contribution in [0.1, 0.15) is 46.1 Å². The largest absolute Gasteiger partial charge is 0.462 e. The molecule has 0 fully saturated rings. The summed E-state index contributed by atoms with van der Waals surface area (Å²) in [6.45, 7) is 10.6. The molecule has 0 unspecified atom stereocenters. The van der Waals surface area contributed by atoms with Gasteiger partial charge in [0.25, 0.3) is 0 Å². The van der Waals surface area contributed by atoms with Crippen LogP contribution in [0.4, 0.5) is 0 Å². The van der Waals surface area contributed by atoms with Crippen molar-refractivity contribution in [2.75, 3.05) is 0 Å². The molecular formula is C21H26O4. The predicted octanol–water partition coefficient (Wildman–Crippen LogP) is 3.89. The summed E-state index contributed by atoms with van der Waals surface area (Å²) in [4.78, 5) is 25.4. The quantitative estimate of drug-likeness (QED) is 0.326.